The van der Waals surface area contributed by atoms with Crippen molar-refractivity contribution in [2.75, 3.05) is 26.2 Å². The van der Waals surface area contributed by atoms with Gasteiger partial charge in [-0.15, -0.1) is 21.5 Å². The van der Waals surface area contributed by atoms with Crippen LogP contribution in [0.25, 0.3) is 5.00 Å². The highest BCUT2D eigenvalue weighted by atomic mass is 32.1. The number of carbonyl (C=O) groups is 7. The van der Waals surface area contributed by atoms with Crippen molar-refractivity contribution in [2.24, 2.45) is 16.1 Å². The number of aryl methyl sites for hydroxylation is 2. The summed E-state index contributed by atoms with van der Waals surface area (Å²) in [7, 11) is 0. The zero-order valence-corrected chi connectivity index (χ0v) is 39.1. The minimum absolute atomic E-state index is 0.0255. The van der Waals surface area contributed by atoms with Crippen molar-refractivity contribution in [1.29, 1.82) is 0 Å². The van der Waals surface area contributed by atoms with E-state index in [2.05, 4.69) is 57.2 Å². The first kappa shape index (κ1) is 48.8. The molecule has 1 aromatic carbocycles. The number of carbonyl (C=O) groups excluding carboxylic acids is 7. The van der Waals surface area contributed by atoms with Crippen LogP contribution in [0.4, 0.5) is 4.79 Å². The molecule has 19 heteroatoms. The number of imide groups is 1. The first-order valence-electron chi connectivity index (χ1n) is 22.2. The highest BCUT2D eigenvalue weighted by Gasteiger charge is 2.51. The Balaban J connectivity index is 1.09. The summed E-state index contributed by atoms with van der Waals surface area (Å²) < 4.78 is 7.66. The second kappa shape index (κ2) is 21.1. The molecule has 6 rings (SSSR count). The molecule has 0 unspecified atom stereocenters. The second-order valence-electron chi connectivity index (χ2n) is 17.7. The van der Waals surface area contributed by atoms with Crippen LogP contribution in [-0.4, -0.2) is 105 Å². The number of rotatable bonds is 18. The Kier molecular flexibility index (Phi) is 15.6. The Morgan fingerprint density at radius 2 is 1.62 bits per heavy atom. The summed E-state index contributed by atoms with van der Waals surface area (Å²) in [6.07, 6.45) is 6.09. The van der Waals surface area contributed by atoms with Crippen molar-refractivity contribution in [1.82, 2.24) is 40.9 Å². The molecule has 1 saturated carbocycles. The monoisotopic (exact) mass is 922 g/mol. The Morgan fingerprint density at radius 3 is 2.27 bits per heavy atom. The summed E-state index contributed by atoms with van der Waals surface area (Å²) in [5.41, 5.74) is 7.41. The lowest BCUT2D eigenvalue weighted by atomic mass is 9.67. The number of hydrogen-bond donors (Lipinski definition) is 5. The zero-order valence-electron chi connectivity index (χ0n) is 38.3. The first-order valence-corrected chi connectivity index (χ1v) is 23.1. The number of ether oxygens (including phenoxy) is 1. The quantitative estimate of drug-likeness (QED) is 0.0407. The molecule has 2 atom stereocenters. The molecule has 2 aliphatic heterocycles. The van der Waals surface area contributed by atoms with Gasteiger partial charge < -0.3 is 31.7 Å². The van der Waals surface area contributed by atoms with Gasteiger partial charge in [-0.1, -0.05) is 30.4 Å². The summed E-state index contributed by atoms with van der Waals surface area (Å²) in [4.78, 5) is 96.1. The molecular formula is C47H58N10O8S. The fraction of sp³-hybridized carbons (Fsp3) is 0.489. The van der Waals surface area contributed by atoms with E-state index in [4.69, 9.17) is 15.5 Å². The molecule has 2 aromatic heterocycles. The van der Waals surface area contributed by atoms with Gasteiger partial charge in [0.2, 0.25) is 17.7 Å². The van der Waals surface area contributed by atoms with E-state index >= 15 is 0 Å². The molecule has 3 aliphatic rings. The summed E-state index contributed by atoms with van der Waals surface area (Å²) in [5, 5.41) is 20.7. The van der Waals surface area contributed by atoms with Crippen LogP contribution < -0.4 is 27.0 Å². The molecule has 4 heterocycles. The van der Waals surface area contributed by atoms with Gasteiger partial charge >= 0.3 is 12.0 Å². The van der Waals surface area contributed by atoms with E-state index in [9.17, 15) is 33.6 Å². The molecule has 1 aliphatic carbocycles. The van der Waals surface area contributed by atoms with E-state index in [1.165, 1.54) is 17.1 Å². The molecule has 1 fully saturated rings. The number of amides is 7. The number of hydrogen-bond acceptors (Lipinski definition) is 12. The molecule has 3 aromatic rings. The third-order valence-electron chi connectivity index (χ3n) is 11.7. The lowest BCUT2D eigenvalue weighted by molar-refractivity contribution is -0.155. The maximum atomic E-state index is 13.7. The van der Waals surface area contributed by atoms with Gasteiger partial charge in [-0.3, -0.25) is 43.2 Å². The number of unbranched alkanes of at least 4 members (excludes halogenated alkanes) is 2. The third kappa shape index (κ3) is 11.6. The summed E-state index contributed by atoms with van der Waals surface area (Å²) >= 11 is 1.61. The van der Waals surface area contributed by atoms with E-state index in [1.807, 2.05) is 56.5 Å². The lowest BCUT2D eigenvalue weighted by Gasteiger charge is -2.39. The summed E-state index contributed by atoms with van der Waals surface area (Å²) in [6.45, 7) is 12.2. The van der Waals surface area contributed by atoms with Crippen LogP contribution in [0.1, 0.15) is 123 Å². The van der Waals surface area contributed by atoms with Crippen molar-refractivity contribution in [3.05, 3.63) is 75.2 Å². The van der Waals surface area contributed by atoms with Gasteiger partial charge in [0.05, 0.1) is 18.7 Å². The number of primary amides is 1. The highest BCUT2D eigenvalue weighted by molar-refractivity contribution is 7.15. The Labute approximate surface area is 388 Å². The van der Waals surface area contributed by atoms with Crippen LogP contribution >= 0.6 is 11.3 Å². The van der Waals surface area contributed by atoms with Gasteiger partial charge in [-0.25, -0.2) is 4.79 Å². The smallest absolute Gasteiger partial charge is 0.312 e. The molecule has 0 bridgehead atoms. The van der Waals surface area contributed by atoms with Crippen LogP contribution in [0, 0.1) is 38.0 Å². The largest absolute Gasteiger partial charge is 0.460 e. The number of fused-ring (bicyclic) bond motifs is 3. The van der Waals surface area contributed by atoms with E-state index in [0.29, 0.717) is 81.0 Å². The van der Waals surface area contributed by atoms with Crippen LogP contribution in [0.2, 0.25) is 0 Å². The molecule has 66 heavy (non-hydrogen) atoms. The molecule has 0 spiro atoms. The van der Waals surface area contributed by atoms with Gasteiger partial charge in [-0.05, 0) is 104 Å². The van der Waals surface area contributed by atoms with E-state index in [-0.39, 0.29) is 37.7 Å². The normalized spacial score (nSPS) is 16.4. The topological polar surface area (TPSA) is 249 Å². The van der Waals surface area contributed by atoms with Crippen molar-refractivity contribution in [2.45, 2.75) is 117 Å². The average molecular weight is 923 g/mol. The Hall–Kier alpha value is -6.68. The molecule has 350 valence electrons. The Bertz CT molecular complexity index is 2480. The molecule has 0 saturated heterocycles. The number of benzene rings is 1. The van der Waals surface area contributed by atoms with Crippen molar-refractivity contribution in [3.63, 3.8) is 0 Å². The van der Waals surface area contributed by atoms with Gasteiger partial charge in [0, 0.05) is 53.4 Å². The maximum Gasteiger partial charge on any atom is 0.312 e. The number of nitrogens with two attached hydrogens (primary N) is 1. The Morgan fingerprint density at radius 1 is 0.924 bits per heavy atom. The summed E-state index contributed by atoms with van der Waals surface area (Å²) in [5.74, 6) is 4.77. The third-order valence-corrected chi connectivity index (χ3v) is 12.9. The molecule has 18 nitrogen and oxygen atoms in total. The van der Waals surface area contributed by atoms with Crippen LogP contribution in [0.15, 0.2) is 41.4 Å². The fourth-order valence-electron chi connectivity index (χ4n) is 7.94. The van der Waals surface area contributed by atoms with Crippen molar-refractivity contribution in [3.8, 4) is 16.8 Å². The molecule has 0 radical (unpaired) electrons. The van der Waals surface area contributed by atoms with Crippen LogP contribution in [-0.2, 0) is 33.5 Å². The number of urea groups is 1. The number of aromatic nitrogens is 3. The first-order chi connectivity index (χ1) is 31.4. The van der Waals surface area contributed by atoms with E-state index in [1.54, 1.807) is 11.3 Å². The fourth-order valence-corrected chi connectivity index (χ4v) is 9.16. The van der Waals surface area contributed by atoms with Gasteiger partial charge in [-0.2, -0.15) is 0 Å². The van der Waals surface area contributed by atoms with Gasteiger partial charge in [0.15, 0.2) is 5.82 Å². The standard InChI is InChI=1S/C47H58N10O8S/c1-28-29(2)66-42-38(28)39(52-34(27-37(60)65-46(4,5)6)40-55-54-30(3)57(40)42)32-17-15-31(16-18-32)13-10-24-49-41(61)33(14-11-25-51-45(48)64)53-44(63)47(21-12-22-47)43(62)50-23-8-7-9-26-56-35(58)19-20-36(56)59/h15-20,33-34H,7-9,11-12,14,21-27H2,1-6H3,(H,49,61)(H,50,62)(H,53,63)(H3,48,51,64)/t33-,34-/m0/s1. The van der Waals surface area contributed by atoms with Crippen LogP contribution in [0.3, 0.4) is 0 Å². The van der Waals surface area contributed by atoms with Crippen molar-refractivity contribution < 1.29 is 38.3 Å². The maximum absolute atomic E-state index is 13.7. The second-order valence-corrected chi connectivity index (χ2v) is 18.9. The number of nitrogens with zero attached hydrogens (tertiary/aromatic N) is 5. The van der Waals surface area contributed by atoms with Gasteiger partial charge in [0.25, 0.3) is 11.8 Å². The predicted molar refractivity (Wildman–Crippen MR) is 246 cm³/mol. The molecule has 7 amide bonds. The van der Waals surface area contributed by atoms with Gasteiger partial charge in [0.1, 0.15) is 33.9 Å². The lowest BCUT2D eigenvalue weighted by Crippen LogP contribution is -2.59. The highest BCUT2D eigenvalue weighted by Crippen LogP contribution is 2.42. The van der Waals surface area contributed by atoms with Crippen LogP contribution in [0.5, 0.6) is 0 Å². The molecular weight excluding hydrogens is 865 g/mol. The number of esters is 1. The van der Waals surface area contributed by atoms with E-state index < -0.39 is 52.8 Å². The minimum Gasteiger partial charge on any atom is -0.460 e. The minimum atomic E-state index is -1.32. The van der Waals surface area contributed by atoms with Crippen molar-refractivity contribution >= 4 is 58.6 Å². The molecule has 6 N–H and O–H groups in total. The number of aliphatic imine (C=N–C) groups is 1. The average Bonchev–Trinajstić information content (AvgIpc) is 3.84. The number of nitrogens with one attached hydrogen (secondary N) is 4. The van der Waals surface area contributed by atoms with E-state index in [0.717, 1.165) is 26.6 Å². The number of thiophene rings is 1. The predicted octanol–water partition coefficient (Wildman–Crippen LogP) is 3.66. The summed E-state index contributed by atoms with van der Waals surface area (Å²) in [6, 6.07) is 5.16. The zero-order chi connectivity index (χ0) is 47.8. The SMILES string of the molecule is Cc1sc2c(c1C)C(c1ccc(C#CCNC(=O)[C@H](CCCNC(N)=O)NC(=O)C3(C(=O)NCCCCCN4C(=O)C=CC4=O)CCC3)cc1)=N[C@@H](CC(=O)OC(C)(C)C)c1nnc(C)n1-2.